The molecule has 6 nitrogen and oxygen atoms in total. The molecule has 0 radical (unpaired) electrons. The molecular formula is C22H48ClN3O3. The van der Waals surface area contributed by atoms with E-state index in [1.807, 2.05) is 26.0 Å². The summed E-state index contributed by atoms with van der Waals surface area (Å²) in [6.45, 7) is 5.21. The summed E-state index contributed by atoms with van der Waals surface area (Å²) in [6.07, 6.45) is 11.5. The molecule has 1 atom stereocenters. The summed E-state index contributed by atoms with van der Waals surface area (Å²) in [5.41, 5.74) is 0. The van der Waals surface area contributed by atoms with Crippen LogP contribution >= 0.6 is 0 Å². The van der Waals surface area contributed by atoms with Crippen molar-refractivity contribution in [2.75, 3.05) is 60.5 Å². The Labute approximate surface area is 186 Å². The van der Waals surface area contributed by atoms with Gasteiger partial charge >= 0.3 is 0 Å². The highest BCUT2D eigenvalue weighted by Crippen LogP contribution is 2.10. The van der Waals surface area contributed by atoms with Gasteiger partial charge in [0, 0.05) is 32.6 Å². The molecule has 0 saturated heterocycles. The van der Waals surface area contributed by atoms with Gasteiger partial charge in [-0.05, 0) is 6.42 Å². The molecular weight excluding hydrogens is 390 g/mol. The summed E-state index contributed by atoms with van der Waals surface area (Å²) >= 11 is 0. The maximum absolute atomic E-state index is 12.0. The number of hydrogen-bond acceptors (Lipinski definition) is 4. The standard InChI is InChI=1S/C22H47N3O3.ClH/c1-5-6-7-8-9-10-11-12-13-14-22(28)23-15-16-24(17-18-26)19-21(27)20-25(2,3)4;/h21,26-27H,5-20H2,1-4H3;1H. The van der Waals surface area contributed by atoms with E-state index in [9.17, 15) is 15.0 Å². The minimum atomic E-state index is -0.441. The van der Waals surface area contributed by atoms with Gasteiger partial charge in [-0.3, -0.25) is 9.69 Å². The number of aliphatic hydroxyl groups is 2. The number of likely N-dealkylation sites (N-methyl/N-ethyl adjacent to an activating group) is 1. The molecule has 0 aromatic carbocycles. The van der Waals surface area contributed by atoms with Gasteiger partial charge in [0.2, 0.25) is 5.91 Å². The number of quaternary nitrogens is 1. The van der Waals surface area contributed by atoms with E-state index in [4.69, 9.17) is 0 Å². The average Bonchev–Trinajstić information content (AvgIpc) is 2.58. The largest absolute Gasteiger partial charge is 1.00 e. The lowest BCUT2D eigenvalue weighted by Crippen LogP contribution is -3.00. The number of hydrogen-bond donors (Lipinski definition) is 3. The van der Waals surface area contributed by atoms with Crippen LogP contribution < -0.4 is 17.7 Å². The summed E-state index contributed by atoms with van der Waals surface area (Å²) in [6, 6.07) is 0. The van der Waals surface area contributed by atoms with Crippen molar-refractivity contribution in [3.8, 4) is 0 Å². The maximum Gasteiger partial charge on any atom is 0.220 e. The second-order valence-electron chi connectivity index (χ2n) is 9.08. The Morgan fingerprint density at radius 3 is 2.03 bits per heavy atom. The number of nitrogens with zero attached hydrogens (tertiary/aromatic N) is 2. The quantitative estimate of drug-likeness (QED) is 0.186. The van der Waals surface area contributed by atoms with Gasteiger partial charge in [-0.25, -0.2) is 0 Å². The lowest BCUT2D eigenvalue weighted by molar-refractivity contribution is -0.873. The maximum atomic E-state index is 12.0. The number of carbonyl (C=O) groups excluding carboxylic acids is 1. The molecule has 29 heavy (non-hydrogen) atoms. The first kappa shape index (κ1) is 30.8. The lowest BCUT2D eigenvalue weighted by atomic mass is 10.1. The fourth-order valence-corrected chi connectivity index (χ4v) is 3.46. The molecule has 0 fully saturated rings. The molecule has 176 valence electrons. The number of carbonyl (C=O) groups is 1. The molecule has 0 saturated carbocycles. The molecule has 0 aromatic heterocycles. The SMILES string of the molecule is CCCCCCCCCCCC(=O)NCCN(CCO)CC(O)C[N+](C)(C)C.[Cl-]. The van der Waals surface area contributed by atoms with Crippen LogP contribution in [0.1, 0.15) is 71.1 Å². The average molecular weight is 438 g/mol. The molecule has 0 rings (SSSR count). The third-order valence-electron chi connectivity index (χ3n) is 4.90. The number of amides is 1. The summed E-state index contributed by atoms with van der Waals surface area (Å²) in [7, 11) is 6.14. The topological polar surface area (TPSA) is 72.8 Å². The Morgan fingerprint density at radius 2 is 1.52 bits per heavy atom. The molecule has 0 heterocycles. The molecule has 0 aliphatic rings. The van der Waals surface area contributed by atoms with Crippen LogP contribution in [0.2, 0.25) is 0 Å². The van der Waals surface area contributed by atoms with Gasteiger partial charge in [0.05, 0.1) is 27.7 Å². The third-order valence-corrected chi connectivity index (χ3v) is 4.90. The van der Waals surface area contributed by atoms with Crippen molar-refractivity contribution in [1.82, 2.24) is 10.2 Å². The number of unbranched alkanes of at least 4 members (excludes halogenated alkanes) is 8. The van der Waals surface area contributed by atoms with E-state index in [0.29, 0.717) is 43.6 Å². The van der Waals surface area contributed by atoms with Gasteiger partial charge in [0.25, 0.3) is 0 Å². The van der Waals surface area contributed by atoms with E-state index in [-0.39, 0.29) is 24.9 Å². The number of rotatable bonds is 19. The van der Waals surface area contributed by atoms with Gasteiger partial charge in [-0.15, -0.1) is 0 Å². The molecule has 1 amide bonds. The molecule has 0 aliphatic heterocycles. The van der Waals surface area contributed by atoms with Crippen molar-refractivity contribution < 1.29 is 31.9 Å². The zero-order valence-electron chi connectivity index (χ0n) is 19.5. The van der Waals surface area contributed by atoms with Crippen LogP contribution in [0.4, 0.5) is 0 Å². The van der Waals surface area contributed by atoms with E-state index in [0.717, 1.165) is 12.8 Å². The number of halogens is 1. The van der Waals surface area contributed by atoms with Crippen LogP contribution in [0.5, 0.6) is 0 Å². The first-order chi connectivity index (χ1) is 13.3. The predicted octanol–water partition coefficient (Wildman–Crippen LogP) is -0.611. The van der Waals surface area contributed by atoms with Crippen LogP contribution in [-0.4, -0.2) is 92.1 Å². The Kier molecular flexibility index (Phi) is 20.8. The molecule has 0 aromatic rings. The van der Waals surface area contributed by atoms with Crippen molar-refractivity contribution in [2.24, 2.45) is 0 Å². The number of aliphatic hydroxyl groups excluding tert-OH is 2. The van der Waals surface area contributed by atoms with Crippen LogP contribution in [0.3, 0.4) is 0 Å². The molecule has 0 bridgehead atoms. The lowest BCUT2D eigenvalue weighted by Gasteiger charge is -2.30. The molecule has 3 N–H and O–H groups in total. The molecule has 1 unspecified atom stereocenters. The Bertz CT molecular complexity index is 379. The summed E-state index contributed by atoms with van der Waals surface area (Å²) in [4.78, 5) is 14.0. The van der Waals surface area contributed by atoms with Gasteiger partial charge in [0.15, 0.2) is 0 Å². The van der Waals surface area contributed by atoms with E-state index in [2.05, 4.69) is 12.2 Å². The Balaban J connectivity index is 0. The Hall–Kier alpha value is -0.400. The monoisotopic (exact) mass is 437 g/mol. The minimum Gasteiger partial charge on any atom is -1.00 e. The fraction of sp³-hybridized carbons (Fsp3) is 0.955. The van der Waals surface area contributed by atoms with Gasteiger partial charge in [0.1, 0.15) is 12.6 Å². The van der Waals surface area contributed by atoms with Crippen molar-refractivity contribution >= 4 is 5.91 Å². The highest BCUT2D eigenvalue weighted by molar-refractivity contribution is 5.75. The zero-order chi connectivity index (χ0) is 21.3. The van der Waals surface area contributed by atoms with E-state index in [1.54, 1.807) is 0 Å². The zero-order valence-corrected chi connectivity index (χ0v) is 20.2. The van der Waals surface area contributed by atoms with Crippen LogP contribution in [0.15, 0.2) is 0 Å². The summed E-state index contributed by atoms with van der Waals surface area (Å²) < 4.78 is 0.698. The molecule has 0 spiro atoms. The first-order valence-electron chi connectivity index (χ1n) is 11.4. The predicted molar refractivity (Wildman–Crippen MR) is 117 cm³/mol. The highest BCUT2D eigenvalue weighted by Gasteiger charge is 2.18. The van der Waals surface area contributed by atoms with E-state index < -0.39 is 6.10 Å². The van der Waals surface area contributed by atoms with Crippen molar-refractivity contribution in [3.63, 3.8) is 0 Å². The second kappa shape index (κ2) is 19.6. The van der Waals surface area contributed by atoms with Crippen molar-refractivity contribution in [3.05, 3.63) is 0 Å². The van der Waals surface area contributed by atoms with Crippen LogP contribution in [-0.2, 0) is 4.79 Å². The normalized spacial score (nSPS) is 12.7. The summed E-state index contributed by atoms with van der Waals surface area (Å²) in [5.74, 6) is 0.110. The first-order valence-corrected chi connectivity index (χ1v) is 11.4. The second-order valence-corrected chi connectivity index (χ2v) is 9.08. The van der Waals surface area contributed by atoms with Crippen molar-refractivity contribution in [2.45, 2.75) is 77.2 Å². The van der Waals surface area contributed by atoms with Crippen LogP contribution in [0.25, 0.3) is 0 Å². The highest BCUT2D eigenvalue weighted by atomic mass is 35.5. The van der Waals surface area contributed by atoms with Gasteiger partial charge < -0.3 is 32.4 Å². The fourth-order valence-electron chi connectivity index (χ4n) is 3.46. The van der Waals surface area contributed by atoms with Crippen molar-refractivity contribution in [1.29, 1.82) is 0 Å². The minimum absolute atomic E-state index is 0. The van der Waals surface area contributed by atoms with Gasteiger partial charge in [-0.2, -0.15) is 0 Å². The number of nitrogens with one attached hydrogen (secondary N) is 1. The van der Waals surface area contributed by atoms with E-state index in [1.165, 1.54) is 44.9 Å². The smallest absolute Gasteiger partial charge is 0.220 e. The molecule has 7 heteroatoms. The van der Waals surface area contributed by atoms with Gasteiger partial charge in [-0.1, -0.05) is 58.3 Å². The summed E-state index contributed by atoms with van der Waals surface area (Å²) in [5, 5.41) is 22.4. The van der Waals surface area contributed by atoms with Crippen LogP contribution in [0, 0.1) is 0 Å². The third kappa shape index (κ3) is 22.1. The van der Waals surface area contributed by atoms with E-state index >= 15 is 0 Å². The molecule has 0 aliphatic carbocycles. The Morgan fingerprint density at radius 1 is 0.966 bits per heavy atom.